The number of sulfonamides is 1. The Labute approximate surface area is 178 Å². The minimum Gasteiger partial charge on any atom is -0.481 e. The van der Waals surface area contributed by atoms with Gasteiger partial charge in [0.1, 0.15) is 0 Å². The van der Waals surface area contributed by atoms with Crippen LogP contribution in [-0.4, -0.2) is 51.8 Å². The predicted octanol–water partition coefficient (Wildman–Crippen LogP) is 2.66. The van der Waals surface area contributed by atoms with Gasteiger partial charge in [0.2, 0.25) is 10.0 Å². The maximum atomic E-state index is 11.9. The molecule has 0 unspecified atom stereocenters. The molecule has 2 fully saturated rings. The van der Waals surface area contributed by atoms with Crippen molar-refractivity contribution in [3.8, 4) is 5.75 Å². The fourth-order valence-corrected chi connectivity index (χ4v) is 5.47. The van der Waals surface area contributed by atoms with E-state index in [9.17, 15) is 18.3 Å². The molecule has 0 spiro atoms. The first-order valence-corrected chi connectivity index (χ1v) is 12.2. The van der Waals surface area contributed by atoms with Crippen molar-refractivity contribution in [2.24, 2.45) is 5.41 Å². The second kappa shape index (κ2) is 9.57. The van der Waals surface area contributed by atoms with E-state index in [0.717, 1.165) is 39.2 Å². The van der Waals surface area contributed by atoms with E-state index in [4.69, 9.17) is 14.7 Å². The van der Waals surface area contributed by atoms with Crippen LogP contribution in [0, 0.1) is 10.7 Å². The summed E-state index contributed by atoms with van der Waals surface area (Å²) in [6, 6.07) is 7.42. The van der Waals surface area contributed by atoms with Crippen LogP contribution < -0.4 is 9.38 Å². The van der Waals surface area contributed by atoms with E-state index in [2.05, 4.69) is 10.8 Å². The van der Waals surface area contributed by atoms with Crippen LogP contribution in [0.25, 0.3) is 0 Å². The van der Waals surface area contributed by atoms with Crippen molar-refractivity contribution >= 4 is 23.3 Å². The van der Waals surface area contributed by atoms with Gasteiger partial charge in [-0.1, -0.05) is 0 Å². The molecule has 1 aromatic rings. The van der Waals surface area contributed by atoms with Gasteiger partial charge in [0.25, 0.3) is 0 Å². The first-order valence-electron chi connectivity index (χ1n) is 10.3. The van der Waals surface area contributed by atoms with Gasteiger partial charge in [0, 0.05) is 6.04 Å². The SMILES string of the molecule is CS(=O)(=O)N[C@H]1CC[C@](COC2CCC(c3cccc(OB=N)c3)CC2)(C(=O)O)C1. The van der Waals surface area contributed by atoms with Gasteiger partial charge in [-0.3, -0.25) is 4.79 Å². The summed E-state index contributed by atoms with van der Waals surface area (Å²) in [5, 5.41) is 16.8. The molecule has 10 heteroatoms. The fraction of sp³-hybridized carbons (Fsp3) is 0.650. The third kappa shape index (κ3) is 5.89. The molecule has 2 aliphatic carbocycles. The summed E-state index contributed by atoms with van der Waals surface area (Å²) in [6.07, 6.45) is 5.85. The maximum absolute atomic E-state index is 11.9. The average Bonchev–Trinajstić information content (AvgIpc) is 3.10. The molecule has 8 nitrogen and oxygen atoms in total. The summed E-state index contributed by atoms with van der Waals surface area (Å²) in [6.45, 7) is 0.113. The molecule has 3 N–H and O–H groups in total. The zero-order chi connectivity index (χ0) is 21.8. The Morgan fingerprint density at radius 2 is 2.03 bits per heavy atom. The van der Waals surface area contributed by atoms with Crippen LogP contribution in [0.5, 0.6) is 5.75 Å². The molecule has 0 bridgehead atoms. The monoisotopic (exact) mass is 436 g/mol. The Balaban J connectivity index is 1.52. The van der Waals surface area contributed by atoms with Gasteiger partial charge in [0.15, 0.2) is 0 Å². The number of rotatable bonds is 9. The van der Waals surface area contributed by atoms with Gasteiger partial charge in [-0.05, 0) is 6.42 Å². The van der Waals surface area contributed by atoms with Crippen LogP contribution in [0.4, 0.5) is 0 Å². The van der Waals surface area contributed by atoms with Crippen LogP contribution in [0.2, 0.25) is 0 Å². The summed E-state index contributed by atoms with van der Waals surface area (Å²) < 4.78 is 36.7. The van der Waals surface area contributed by atoms with E-state index in [-0.39, 0.29) is 25.2 Å². The molecule has 164 valence electrons. The molecule has 2 saturated carbocycles. The number of ether oxygens (including phenoxy) is 1. The first-order chi connectivity index (χ1) is 14.2. The molecule has 30 heavy (non-hydrogen) atoms. The molecule has 2 aliphatic rings. The number of aliphatic carboxylic acids is 1. The Hall–Kier alpha value is -1.78. The normalized spacial score (nSPS) is 29.3. The quantitative estimate of drug-likeness (QED) is 0.511. The molecule has 0 heterocycles. The van der Waals surface area contributed by atoms with Gasteiger partial charge in [-0.25, -0.2) is 13.1 Å². The van der Waals surface area contributed by atoms with Crippen molar-refractivity contribution in [1.29, 1.82) is 5.31 Å². The van der Waals surface area contributed by atoms with Crippen LogP contribution in [0.3, 0.4) is 0 Å². The van der Waals surface area contributed by atoms with Crippen molar-refractivity contribution in [1.82, 2.24) is 4.72 Å². The Kier molecular flexibility index (Phi) is 7.31. The Morgan fingerprint density at radius 1 is 1.30 bits per heavy atom. The van der Waals surface area contributed by atoms with Crippen LogP contribution >= 0.6 is 0 Å². The third-order valence-electron chi connectivity index (χ3n) is 6.24. The summed E-state index contributed by atoms with van der Waals surface area (Å²) >= 11 is 0. The van der Waals surface area contributed by atoms with Gasteiger partial charge in [0.05, 0.1) is 6.26 Å². The van der Waals surface area contributed by atoms with Crippen LogP contribution in [-0.2, 0) is 19.6 Å². The van der Waals surface area contributed by atoms with Crippen molar-refractivity contribution in [2.75, 3.05) is 12.9 Å². The molecule has 2 atom stereocenters. The van der Waals surface area contributed by atoms with Crippen molar-refractivity contribution in [3.63, 3.8) is 0 Å². The van der Waals surface area contributed by atoms with Crippen molar-refractivity contribution < 1.29 is 27.7 Å². The smallest absolute Gasteiger partial charge is 0.481 e. The number of hydrogen-bond acceptors (Lipinski definition) is 6. The third-order valence-corrected chi connectivity index (χ3v) is 7.00. The van der Waals surface area contributed by atoms with Crippen molar-refractivity contribution in [2.45, 2.75) is 63.0 Å². The second-order valence-corrected chi connectivity index (χ2v) is 10.3. The predicted molar refractivity (Wildman–Crippen MR) is 112 cm³/mol. The van der Waals surface area contributed by atoms with Crippen LogP contribution in [0.1, 0.15) is 56.4 Å². The van der Waals surface area contributed by atoms with Gasteiger partial charge in [-0.2, -0.15) is 0 Å². The molecule has 0 saturated heterocycles. The number of nitrogens with one attached hydrogen (secondary N) is 2. The van der Waals surface area contributed by atoms with E-state index in [0.29, 0.717) is 24.5 Å². The van der Waals surface area contributed by atoms with Crippen LogP contribution in [0.15, 0.2) is 24.3 Å². The molecule has 0 aliphatic heterocycles. The standard InChI is InChI=1S/C20H29BN2O6S/c1-30(26,27)23-16-9-10-20(12-16,19(24)25)13-28-17-7-5-14(6-8-17)15-3-2-4-18(11-15)29-21-22/h2-4,11,14,16-17,22-23H,5-10,12-13H2,1H3,(H,24,25)/t14?,16-,17?,20-/m0/s1. The van der Waals surface area contributed by atoms with E-state index in [1.807, 2.05) is 18.2 Å². The number of carboxylic acids is 1. The number of carboxylic acid groups (broad SMARTS) is 1. The average molecular weight is 436 g/mol. The Bertz CT molecular complexity index is 872. The van der Waals surface area contributed by atoms with Gasteiger partial charge in [-0.15, -0.1) is 0 Å². The van der Waals surface area contributed by atoms with E-state index < -0.39 is 21.4 Å². The number of benzene rings is 1. The minimum atomic E-state index is -3.36. The molecule has 1 aromatic carbocycles. The number of carbonyl (C=O) groups is 1. The summed E-state index contributed by atoms with van der Waals surface area (Å²) in [4.78, 5) is 11.9. The zero-order valence-electron chi connectivity index (χ0n) is 17.2. The van der Waals surface area contributed by atoms with Crippen molar-refractivity contribution in [3.05, 3.63) is 29.8 Å². The first kappa shape index (κ1) is 22.9. The zero-order valence-corrected chi connectivity index (χ0v) is 18.0. The summed E-state index contributed by atoms with van der Waals surface area (Å²) in [5.74, 6) is 0.127. The number of hydrogen-bond donors (Lipinski definition) is 3. The van der Waals surface area contributed by atoms with Gasteiger partial charge >= 0.3 is 126 Å². The molecule has 0 amide bonds. The minimum absolute atomic E-state index is 0.0143. The molecule has 3 rings (SSSR count). The van der Waals surface area contributed by atoms with E-state index >= 15 is 0 Å². The van der Waals surface area contributed by atoms with E-state index in [1.165, 1.54) is 5.56 Å². The van der Waals surface area contributed by atoms with Gasteiger partial charge < -0.3 is 5.11 Å². The molecule has 0 aromatic heterocycles. The Morgan fingerprint density at radius 3 is 2.67 bits per heavy atom. The topological polar surface area (TPSA) is 126 Å². The summed E-state index contributed by atoms with van der Waals surface area (Å²) in [7, 11) is -2.45. The van der Waals surface area contributed by atoms with E-state index in [1.54, 1.807) is 0 Å². The second-order valence-electron chi connectivity index (χ2n) is 8.51. The fourth-order valence-electron chi connectivity index (χ4n) is 4.67. The summed E-state index contributed by atoms with van der Waals surface area (Å²) in [5.41, 5.74) is 0.151. The molecular weight excluding hydrogens is 407 g/mol. The molecule has 0 radical (unpaired) electrons. The molecular formula is C20H29BN2O6S.